The highest BCUT2D eigenvalue weighted by molar-refractivity contribution is 9.09. The first-order valence-electron chi connectivity index (χ1n) is 5.81. The van der Waals surface area contributed by atoms with Crippen molar-refractivity contribution in [2.24, 2.45) is 0 Å². The average Bonchev–Trinajstić information content (AvgIpc) is 2.33. The van der Waals surface area contributed by atoms with E-state index in [1.807, 2.05) is 13.0 Å². The zero-order valence-corrected chi connectivity index (χ0v) is 11.8. The molecule has 2 aromatic carbocycles. The third-order valence-electron chi connectivity index (χ3n) is 2.89. The fourth-order valence-corrected chi connectivity index (χ4v) is 2.61. The molecule has 0 saturated carbocycles. The first-order chi connectivity index (χ1) is 8.97. The van der Waals surface area contributed by atoms with Gasteiger partial charge in [0, 0.05) is 10.4 Å². The first-order valence-corrected chi connectivity index (χ1v) is 6.73. The molecule has 0 amide bonds. The van der Waals surface area contributed by atoms with E-state index in [1.165, 1.54) is 12.1 Å². The van der Waals surface area contributed by atoms with E-state index < -0.39 is 11.6 Å². The van der Waals surface area contributed by atoms with Gasteiger partial charge in [-0.05, 0) is 42.7 Å². The molecular formula is C15H12BrF3. The minimum absolute atomic E-state index is 0.280. The number of rotatable bonds is 3. The molecule has 2 aromatic rings. The van der Waals surface area contributed by atoms with Gasteiger partial charge in [-0.3, -0.25) is 0 Å². The smallest absolute Gasteiger partial charge is 0.159 e. The van der Waals surface area contributed by atoms with Crippen LogP contribution in [0.5, 0.6) is 0 Å². The lowest BCUT2D eigenvalue weighted by molar-refractivity contribution is 0.507. The topological polar surface area (TPSA) is 0 Å². The molecule has 0 spiro atoms. The quantitative estimate of drug-likeness (QED) is 0.688. The molecule has 19 heavy (non-hydrogen) atoms. The number of halogens is 4. The van der Waals surface area contributed by atoms with E-state index in [4.69, 9.17) is 0 Å². The molecule has 0 aliphatic rings. The zero-order chi connectivity index (χ0) is 14.0. The van der Waals surface area contributed by atoms with Gasteiger partial charge in [-0.1, -0.05) is 34.1 Å². The average molecular weight is 329 g/mol. The van der Waals surface area contributed by atoms with Crippen LogP contribution >= 0.6 is 15.9 Å². The lowest BCUT2D eigenvalue weighted by Crippen LogP contribution is -2.00. The molecule has 0 saturated heterocycles. The summed E-state index contributed by atoms with van der Waals surface area (Å²) in [6.45, 7) is 1.81. The summed E-state index contributed by atoms with van der Waals surface area (Å²) in [5.41, 5.74) is 1.96. The summed E-state index contributed by atoms with van der Waals surface area (Å²) in [6, 6.07) is 8.68. The minimum Gasteiger partial charge on any atom is -0.207 e. The molecule has 0 heterocycles. The fraction of sp³-hybridized carbons (Fsp3) is 0.200. The third-order valence-corrected chi connectivity index (χ3v) is 3.71. The molecule has 100 valence electrons. The summed E-state index contributed by atoms with van der Waals surface area (Å²) in [5.74, 6) is -2.07. The SMILES string of the molecule is Cc1ccc(C(Br)Cc2ccc(F)c(F)c2)c(F)c1. The summed E-state index contributed by atoms with van der Waals surface area (Å²) in [6.07, 6.45) is 0.386. The Balaban J connectivity index is 2.20. The molecule has 0 N–H and O–H groups in total. The van der Waals surface area contributed by atoms with Gasteiger partial charge in [0.05, 0.1) is 0 Å². The molecule has 1 unspecified atom stereocenters. The van der Waals surface area contributed by atoms with Crippen LogP contribution in [0.4, 0.5) is 13.2 Å². The number of hydrogen-bond acceptors (Lipinski definition) is 0. The fourth-order valence-electron chi connectivity index (χ4n) is 1.87. The van der Waals surface area contributed by atoms with Crippen LogP contribution in [0.1, 0.15) is 21.5 Å². The first kappa shape index (κ1) is 14.1. The minimum atomic E-state index is -0.887. The second-order valence-electron chi connectivity index (χ2n) is 4.45. The van der Waals surface area contributed by atoms with Crippen LogP contribution in [-0.2, 0) is 6.42 Å². The number of alkyl halides is 1. The van der Waals surface area contributed by atoms with E-state index in [9.17, 15) is 13.2 Å². The molecule has 2 rings (SSSR count). The summed E-state index contributed by atoms with van der Waals surface area (Å²) in [4.78, 5) is -0.280. The predicted molar refractivity (Wildman–Crippen MR) is 72.9 cm³/mol. The number of hydrogen-bond donors (Lipinski definition) is 0. The van der Waals surface area contributed by atoms with E-state index in [0.717, 1.165) is 17.7 Å². The molecule has 0 aliphatic heterocycles. The van der Waals surface area contributed by atoms with Crippen molar-refractivity contribution in [3.63, 3.8) is 0 Å². The largest absolute Gasteiger partial charge is 0.207 e. The second-order valence-corrected chi connectivity index (χ2v) is 5.55. The van der Waals surface area contributed by atoms with E-state index in [2.05, 4.69) is 15.9 Å². The lowest BCUT2D eigenvalue weighted by Gasteiger charge is -2.12. The Morgan fingerprint density at radius 2 is 1.68 bits per heavy atom. The monoisotopic (exact) mass is 328 g/mol. The summed E-state index contributed by atoms with van der Waals surface area (Å²) in [7, 11) is 0. The standard InChI is InChI=1S/C15H12BrF3/c1-9-2-4-11(14(18)6-9)12(16)7-10-3-5-13(17)15(19)8-10/h2-6,8,12H,7H2,1H3. The van der Waals surface area contributed by atoms with E-state index in [0.29, 0.717) is 17.5 Å². The Hall–Kier alpha value is -1.29. The molecule has 0 nitrogen and oxygen atoms in total. The molecule has 0 aliphatic carbocycles. The lowest BCUT2D eigenvalue weighted by atomic mass is 10.0. The van der Waals surface area contributed by atoms with Crippen molar-refractivity contribution >= 4 is 15.9 Å². The maximum atomic E-state index is 13.8. The van der Waals surface area contributed by atoms with Crippen molar-refractivity contribution in [2.75, 3.05) is 0 Å². The molecular weight excluding hydrogens is 317 g/mol. The molecule has 0 radical (unpaired) electrons. The molecule has 0 aromatic heterocycles. The Kier molecular flexibility index (Phi) is 4.30. The summed E-state index contributed by atoms with van der Waals surface area (Å²) >= 11 is 3.38. The van der Waals surface area contributed by atoms with Crippen molar-refractivity contribution in [2.45, 2.75) is 18.2 Å². The van der Waals surface area contributed by atoms with Crippen LogP contribution in [0.25, 0.3) is 0 Å². The van der Waals surface area contributed by atoms with Crippen molar-refractivity contribution < 1.29 is 13.2 Å². The van der Waals surface area contributed by atoms with Gasteiger partial charge in [-0.2, -0.15) is 0 Å². The Labute approximate surface area is 118 Å². The van der Waals surface area contributed by atoms with Crippen molar-refractivity contribution in [1.29, 1.82) is 0 Å². The highest BCUT2D eigenvalue weighted by Gasteiger charge is 2.14. The van der Waals surface area contributed by atoms with Gasteiger partial charge < -0.3 is 0 Å². The van der Waals surface area contributed by atoms with Gasteiger partial charge in [-0.15, -0.1) is 0 Å². The van der Waals surface area contributed by atoms with Gasteiger partial charge >= 0.3 is 0 Å². The zero-order valence-electron chi connectivity index (χ0n) is 10.3. The van der Waals surface area contributed by atoms with Crippen LogP contribution in [0.3, 0.4) is 0 Å². The maximum Gasteiger partial charge on any atom is 0.159 e. The van der Waals surface area contributed by atoms with Crippen LogP contribution < -0.4 is 0 Å². The van der Waals surface area contributed by atoms with E-state index in [1.54, 1.807) is 6.07 Å². The van der Waals surface area contributed by atoms with Crippen LogP contribution in [-0.4, -0.2) is 0 Å². The van der Waals surface area contributed by atoms with E-state index in [-0.39, 0.29) is 10.6 Å². The van der Waals surface area contributed by atoms with Gasteiger partial charge in [0.15, 0.2) is 11.6 Å². The normalized spacial score (nSPS) is 12.5. The molecule has 1 atom stereocenters. The van der Waals surface area contributed by atoms with Crippen LogP contribution in [0.2, 0.25) is 0 Å². The van der Waals surface area contributed by atoms with Crippen molar-refractivity contribution in [3.8, 4) is 0 Å². The highest BCUT2D eigenvalue weighted by Crippen LogP contribution is 2.29. The van der Waals surface area contributed by atoms with Crippen LogP contribution in [0, 0.1) is 24.4 Å². The van der Waals surface area contributed by atoms with Gasteiger partial charge in [-0.25, -0.2) is 13.2 Å². The van der Waals surface area contributed by atoms with Crippen molar-refractivity contribution in [3.05, 3.63) is 70.5 Å². The molecule has 0 fully saturated rings. The number of aryl methyl sites for hydroxylation is 1. The van der Waals surface area contributed by atoms with Gasteiger partial charge in [0.25, 0.3) is 0 Å². The molecule has 4 heteroatoms. The Bertz CT molecular complexity index is 596. The Morgan fingerprint density at radius 3 is 2.32 bits per heavy atom. The van der Waals surface area contributed by atoms with E-state index >= 15 is 0 Å². The summed E-state index contributed by atoms with van der Waals surface area (Å²) < 4.78 is 39.7. The third kappa shape index (κ3) is 3.38. The predicted octanol–water partition coefficient (Wildman–Crippen LogP) is 5.09. The maximum absolute atomic E-state index is 13.8. The Morgan fingerprint density at radius 1 is 0.947 bits per heavy atom. The molecule has 0 bridgehead atoms. The summed E-state index contributed by atoms with van der Waals surface area (Å²) in [5, 5.41) is 0. The number of benzene rings is 2. The van der Waals surface area contributed by atoms with Crippen LogP contribution in [0.15, 0.2) is 36.4 Å². The second kappa shape index (κ2) is 5.78. The van der Waals surface area contributed by atoms with Crippen molar-refractivity contribution in [1.82, 2.24) is 0 Å². The van der Waals surface area contributed by atoms with Gasteiger partial charge in [0.2, 0.25) is 0 Å². The highest BCUT2D eigenvalue weighted by atomic mass is 79.9. The van der Waals surface area contributed by atoms with Gasteiger partial charge in [0.1, 0.15) is 5.82 Å².